The molecule has 1 N–H and O–H groups in total. The minimum Gasteiger partial charge on any atom is -0.458 e. The van der Waals surface area contributed by atoms with Crippen LogP contribution in [-0.2, 0) is 16.0 Å². The summed E-state index contributed by atoms with van der Waals surface area (Å²) in [4.78, 5) is 20.4. The molecule has 1 saturated carbocycles. The van der Waals surface area contributed by atoms with E-state index < -0.39 is 13.1 Å². The van der Waals surface area contributed by atoms with Gasteiger partial charge in [0.05, 0.1) is 19.0 Å². The minimum absolute atomic E-state index is 0.0194. The van der Waals surface area contributed by atoms with E-state index in [1.807, 2.05) is 6.07 Å². The van der Waals surface area contributed by atoms with Crippen molar-refractivity contribution in [1.29, 1.82) is 0 Å². The predicted molar refractivity (Wildman–Crippen MR) is 93.2 cm³/mol. The van der Waals surface area contributed by atoms with Crippen molar-refractivity contribution >= 4 is 18.6 Å². The molecule has 0 spiro atoms. The lowest BCUT2D eigenvalue weighted by atomic mass is 9.79. The molecule has 8 heteroatoms. The fourth-order valence-corrected chi connectivity index (χ4v) is 3.25. The number of ether oxygens (including phenoxy) is 2. The molecule has 1 aliphatic heterocycles. The van der Waals surface area contributed by atoms with Gasteiger partial charge in [-0.25, -0.2) is 14.8 Å². The van der Waals surface area contributed by atoms with Crippen molar-refractivity contribution in [1.82, 2.24) is 9.97 Å². The number of esters is 1. The van der Waals surface area contributed by atoms with E-state index in [1.54, 1.807) is 12.1 Å². The maximum atomic E-state index is 12.1. The second kappa shape index (κ2) is 7.43. The number of carbonyl (C=O) groups excluding carboxylic acids is 1. The smallest absolute Gasteiger partial charge is 0.458 e. The third kappa shape index (κ3) is 3.71. The summed E-state index contributed by atoms with van der Waals surface area (Å²) in [6, 6.07) is 5.32. The molecule has 0 radical (unpaired) electrons. The lowest BCUT2D eigenvalue weighted by Gasteiger charge is -2.21. The summed E-state index contributed by atoms with van der Waals surface area (Å²) in [5.74, 6) is 0.321. The molecular weight excluding hydrogens is 335 g/mol. The van der Waals surface area contributed by atoms with E-state index in [9.17, 15) is 9.82 Å². The Hall–Kier alpha value is -2.45. The molecular formula is C18H19BN2O5. The summed E-state index contributed by atoms with van der Waals surface area (Å²) in [7, 11) is -0.934. The van der Waals surface area contributed by atoms with Crippen LogP contribution in [0.15, 0.2) is 30.6 Å². The SMILES string of the molecule is O=C(OC1CCCCC1)c1cnc(Oc2ccc3c(c2)B(O)OC3)cn1. The zero-order valence-electron chi connectivity index (χ0n) is 14.3. The standard InChI is InChI=1S/C18H19BN2O5/c22-18(26-13-4-2-1-3-5-13)16-9-21-17(10-20-16)25-14-7-6-12-11-24-19(23)15(12)8-14/h6-10,13,23H,1-5,11H2. The van der Waals surface area contributed by atoms with E-state index in [0.717, 1.165) is 31.2 Å². The highest BCUT2D eigenvalue weighted by molar-refractivity contribution is 6.61. The molecule has 2 heterocycles. The molecule has 0 bridgehead atoms. The highest BCUT2D eigenvalue weighted by atomic mass is 16.5. The van der Waals surface area contributed by atoms with Crippen LogP contribution in [-0.4, -0.2) is 34.2 Å². The van der Waals surface area contributed by atoms with Crippen LogP contribution in [0.1, 0.15) is 48.2 Å². The molecule has 7 nitrogen and oxygen atoms in total. The van der Waals surface area contributed by atoms with Gasteiger partial charge in [-0.1, -0.05) is 12.5 Å². The van der Waals surface area contributed by atoms with Crippen LogP contribution in [0.3, 0.4) is 0 Å². The van der Waals surface area contributed by atoms with E-state index >= 15 is 0 Å². The molecule has 1 aliphatic carbocycles. The van der Waals surface area contributed by atoms with Gasteiger partial charge in [-0.3, -0.25) is 0 Å². The maximum absolute atomic E-state index is 12.1. The summed E-state index contributed by atoms with van der Waals surface area (Å²) in [6.45, 7) is 0.383. The molecule has 1 aromatic carbocycles. The first-order valence-electron chi connectivity index (χ1n) is 8.82. The minimum atomic E-state index is -0.934. The van der Waals surface area contributed by atoms with Crippen LogP contribution in [0.5, 0.6) is 11.6 Å². The molecule has 0 atom stereocenters. The zero-order valence-corrected chi connectivity index (χ0v) is 14.3. The maximum Gasteiger partial charge on any atom is 0.491 e. The van der Waals surface area contributed by atoms with Gasteiger partial charge in [0.15, 0.2) is 5.69 Å². The van der Waals surface area contributed by atoms with Crippen molar-refractivity contribution in [2.75, 3.05) is 0 Å². The lowest BCUT2D eigenvalue weighted by molar-refractivity contribution is 0.0204. The van der Waals surface area contributed by atoms with Crippen LogP contribution >= 0.6 is 0 Å². The van der Waals surface area contributed by atoms with Gasteiger partial charge in [-0.15, -0.1) is 0 Å². The van der Waals surface area contributed by atoms with Gasteiger partial charge in [0, 0.05) is 0 Å². The molecule has 1 aromatic heterocycles. The van der Waals surface area contributed by atoms with Crippen molar-refractivity contribution in [2.24, 2.45) is 0 Å². The van der Waals surface area contributed by atoms with Gasteiger partial charge in [0.1, 0.15) is 11.9 Å². The summed E-state index contributed by atoms with van der Waals surface area (Å²) in [5.41, 5.74) is 1.78. The molecule has 26 heavy (non-hydrogen) atoms. The number of benzene rings is 1. The summed E-state index contributed by atoms with van der Waals surface area (Å²) < 4.78 is 16.3. The molecule has 1 fully saturated rings. The van der Waals surface area contributed by atoms with Crippen molar-refractivity contribution in [2.45, 2.75) is 44.8 Å². The van der Waals surface area contributed by atoms with E-state index in [-0.39, 0.29) is 17.7 Å². The highest BCUT2D eigenvalue weighted by Gasteiger charge is 2.27. The van der Waals surface area contributed by atoms with Crippen LogP contribution in [0.2, 0.25) is 0 Å². The van der Waals surface area contributed by atoms with Gasteiger partial charge >= 0.3 is 13.1 Å². The Morgan fingerprint density at radius 3 is 2.81 bits per heavy atom. The molecule has 2 aliphatic rings. The molecule has 0 unspecified atom stereocenters. The third-order valence-corrected chi connectivity index (χ3v) is 4.67. The Morgan fingerprint density at radius 1 is 1.19 bits per heavy atom. The monoisotopic (exact) mass is 354 g/mol. The lowest BCUT2D eigenvalue weighted by Crippen LogP contribution is -2.27. The summed E-state index contributed by atoms with van der Waals surface area (Å²) in [5, 5.41) is 9.75. The number of aromatic nitrogens is 2. The van der Waals surface area contributed by atoms with E-state index in [1.165, 1.54) is 18.8 Å². The Bertz CT molecular complexity index is 793. The number of rotatable bonds is 4. The Labute approximate surface area is 151 Å². The number of carbonyl (C=O) groups is 1. The second-order valence-corrected chi connectivity index (χ2v) is 6.53. The largest absolute Gasteiger partial charge is 0.491 e. The van der Waals surface area contributed by atoms with Crippen LogP contribution in [0, 0.1) is 0 Å². The van der Waals surface area contributed by atoms with E-state index in [2.05, 4.69) is 9.97 Å². The number of hydrogen-bond donors (Lipinski definition) is 1. The Balaban J connectivity index is 1.40. The highest BCUT2D eigenvalue weighted by Crippen LogP contribution is 2.23. The Kier molecular flexibility index (Phi) is 4.86. The van der Waals surface area contributed by atoms with Gasteiger partial charge in [0.25, 0.3) is 0 Å². The quantitative estimate of drug-likeness (QED) is 0.663. The third-order valence-electron chi connectivity index (χ3n) is 4.67. The van der Waals surface area contributed by atoms with Crippen molar-refractivity contribution in [3.8, 4) is 11.6 Å². The number of fused-ring (bicyclic) bond motifs is 1. The zero-order chi connectivity index (χ0) is 17.9. The van der Waals surface area contributed by atoms with Crippen molar-refractivity contribution in [3.63, 3.8) is 0 Å². The molecule has 4 rings (SSSR count). The van der Waals surface area contributed by atoms with Crippen LogP contribution < -0.4 is 10.2 Å². The molecule has 0 amide bonds. The summed E-state index contributed by atoms with van der Waals surface area (Å²) in [6.07, 6.45) is 7.93. The topological polar surface area (TPSA) is 90.8 Å². The fourth-order valence-electron chi connectivity index (χ4n) is 3.25. The average molecular weight is 354 g/mol. The molecule has 2 aromatic rings. The van der Waals surface area contributed by atoms with Gasteiger partial charge in [-0.2, -0.15) is 0 Å². The first-order chi connectivity index (χ1) is 12.7. The van der Waals surface area contributed by atoms with Crippen molar-refractivity contribution < 1.29 is 23.9 Å². The van der Waals surface area contributed by atoms with E-state index in [4.69, 9.17) is 14.1 Å². The first kappa shape index (κ1) is 17.0. The number of nitrogens with zero attached hydrogens (tertiary/aromatic N) is 2. The van der Waals surface area contributed by atoms with Crippen LogP contribution in [0.25, 0.3) is 0 Å². The fraction of sp³-hybridized carbons (Fsp3) is 0.389. The van der Waals surface area contributed by atoms with Gasteiger partial charge in [0.2, 0.25) is 5.88 Å². The number of hydrogen-bond acceptors (Lipinski definition) is 7. The average Bonchev–Trinajstić information content (AvgIpc) is 3.04. The van der Waals surface area contributed by atoms with Gasteiger partial charge in [-0.05, 0) is 48.8 Å². The molecule has 134 valence electrons. The predicted octanol–water partition coefficient (Wildman–Crippen LogP) is 1.98. The molecule has 0 saturated heterocycles. The summed E-state index contributed by atoms with van der Waals surface area (Å²) >= 11 is 0. The van der Waals surface area contributed by atoms with Crippen LogP contribution in [0.4, 0.5) is 0 Å². The van der Waals surface area contributed by atoms with Crippen molar-refractivity contribution in [3.05, 3.63) is 41.9 Å². The first-order valence-corrected chi connectivity index (χ1v) is 8.82. The normalized spacial score (nSPS) is 17.0. The van der Waals surface area contributed by atoms with E-state index in [0.29, 0.717) is 17.8 Å². The Morgan fingerprint density at radius 2 is 2.04 bits per heavy atom. The van der Waals surface area contributed by atoms with Gasteiger partial charge < -0.3 is 19.2 Å². The second-order valence-electron chi connectivity index (χ2n) is 6.53.